The Bertz CT molecular complexity index is 990. The summed E-state index contributed by atoms with van der Waals surface area (Å²) < 4.78 is 7.94. The molecular weight excluding hydrogens is 366 g/mol. The van der Waals surface area contributed by atoms with Crippen LogP contribution in [0.5, 0.6) is 0 Å². The molecule has 7 nitrogen and oxygen atoms in total. The number of aryl methyl sites for hydroxylation is 2. The first kappa shape index (κ1) is 19.0. The number of furan rings is 1. The number of hydrogen-bond acceptors (Lipinski definition) is 5. The van der Waals surface area contributed by atoms with Crippen LogP contribution in [0.4, 0.5) is 5.69 Å². The Morgan fingerprint density at radius 1 is 1.28 bits per heavy atom. The molecule has 0 radical (unpaired) electrons. The number of carbonyl (C=O) groups is 1. The van der Waals surface area contributed by atoms with Crippen molar-refractivity contribution < 1.29 is 9.21 Å². The first-order valence-electron chi connectivity index (χ1n) is 9.96. The highest BCUT2D eigenvalue weighted by Crippen LogP contribution is 2.30. The Kier molecular flexibility index (Phi) is 5.74. The van der Waals surface area contributed by atoms with E-state index in [2.05, 4.69) is 20.8 Å². The van der Waals surface area contributed by atoms with E-state index >= 15 is 0 Å². The number of hydrazone groups is 1. The Labute approximate surface area is 169 Å². The van der Waals surface area contributed by atoms with Crippen molar-refractivity contribution in [1.82, 2.24) is 14.9 Å². The van der Waals surface area contributed by atoms with Gasteiger partial charge in [-0.05, 0) is 38.3 Å². The molecule has 3 aromatic rings. The highest BCUT2D eigenvalue weighted by Gasteiger charge is 2.27. The number of imidazole rings is 1. The molecule has 4 rings (SSSR count). The number of nitrogens with one attached hydrogen (secondary N) is 2. The second kappa shape index (κ2) is 8.77. The van der Waals surface area contributed by atoms with Gasteiger partial charge >= 0.3 is 0 Å². The number of amides is 1. The predicted molar refractivity (Wildman–Crippen MR) is 112 cm³/mol. The summed E-state index contributed by atoms with van der Waals surface area (Å²) in [5, 5.41) is 7.56. The molecule has 1 aromatic carbocycles. The minimum atomic E-state index is -0.169. The highest BCUT2D eigenvalue weighted by atomic mass is 16.4. The number of aromatic nitrogens is 2. The summed E-state index contributed by atoms with van der Waals surface area (Å²) in [5.41, 5.74) is 6.83. The first-order valence-corrected chi connectivity index (χ1v) is 9.96. The molecule has 150 valence electrons. The van der Waals surface area contributed by atoms with Crippen molar-refractivity contribution >= 4 is 17.3 Å². The molecule has 0 fully saturated rings. The number of hydrogen-bond donors (Lipinski definition) is 2. The third kappa shape index (κ3) is 4.39. The van der Waals surface area contributed by atoms with E-state index in [-0.39, 0.29) is 5.91 Å². The van der Waals surface area contributed by atoms with Crippen LogP contribution in [0.15, 0.2) is 58.6 Å². The summed E-state index contributed by atoms with van der Waals surface area (Å²) in [6.45, 7) is 3.33. The van der Waals surface area contributed by atoms with Crippen molar-refractivity contribution in [2.24, 2.45) is 5.10 Å². The molecule has 0 bridgehead atoms. The van der Waals surface area contributed by atoms with Crippen molar-refractivity contribution in [3.05, 3.63) is 71.7 Å². The number of anilines is 1. The van der Waals surface area contributed by atoms with Crippen LogP contribution in [0.1, 0.15) is 46.7 Å². The predicted octanol–water partition coefficient (Wildman–Crippen LogP) is 3.76. The Morgan fingerprint density at radius 2 is 2.14 bits per heavy atom. The van der Waals surface area contributed by atoms with Crippen molar-refractivity contribution in [3.8, 4) is 0 Å². The third-order valence-electron chi connectivity index (χ3n) is 5.06. The zero-order valence-electron chi connectivity index (χ0n) is 16.5. The average molecular weight is 391 g/mol. The molecule has 29 heavy (non-hydrogen) atoms. The lowest BCUT2D eigenvalue weighted by Gasteiger charge is -2.13. The Hall–Kier alpha value is -3.35. The molecule has 1 aliphatic carbocycles. The van der Waals surface area contributed by atoms with Gasteiger partial charge in [0.25, 0.3) is 5.91 Å². The van der Waals surface area contributed by atoms with Crippen LogP contribution in [-0.4, -0.2) is 27.7 Å². The quantitative estimate of drug-likeness (QED) is 0.474. The van der Waals surface area contributed by atoms with Crippen molar-refractivity contribution in [3.63, 3.8) is 0 Å². The zero-order chi connectivity index (χ0) is 20.1. The molecule has 2 heterocycles. The summed E-state index contributed by atoms with van der Waals surface area (Å²) >= 11 is 0. The summed E-state index contributed by atoms with van der Waals surface area (Å²) in [6.07, 6.45) is 8.92. The Morgan fingerprint density at radius 3 is 2.93 bits per heavy atom. The lowest BCUT2D eigenvalue weighted by Crippen LogP contribution is -2.25. The van der Waals surface area contributed by atoms with Gasteiger partial charge in [-0.15, -0.1) is 0 Å². The van der Waals surface area contributed by atoms with E-state index in [9.17, 15) is 4.79 Å². The third-order valence-corrected chi connectivity index (χ3v) is 5.06. The molecule has 7 heteroatoms. The van der Waals surface area contributed by atoms with Crippen LogP contribution in [-0.2, 0) is 13.0 Å². The molecule has 0 unspecified atom stereocenters. The van der Waals surface area contributed by atoms with Gasteiger partial charge in [0.05, 0.1) is 17.7 Å². The molecule has 0 saturated heterocycles. The zero-order valence-corrected chi connectivity index (χ0v) is 16.5. The van der Waals surface area contributed by atoms with Crippen LogP contribution >= 0.6 is 0 Å². The maximum atomic E-state index is 12.7. The smallest absolute Gasteiger partial charge is 0.287 e. The van der Waals surface area contributed by atoms with Gasteiger partial charge in [-0.3, -0.25) is 10.2 Å². The fourth-order valence-corrected chi connectivity index (χ4v) is 3.60. The van der Waals surface area contributed by atoms with E-state index in [1.807, 2.05) is 48.0 Å². The molecule has 2 aromatic heterocycles. The summed E-state index contributed by atoms with van der Waals surface area (Å²) in [7, 11) is 0. The van der Waals surface area contributed by atoms with Gasteiger partial charge < -0.3 is 14.3 Å². The first-order chi connectivity index (χ1) is 14.2. The van der Waals surface area contributed by atoms with E-state index in [0.717, 1.165) is 60.5 Å². The summed E-state index contributed by atoms with van der Waals surface area (Å²) in [6, 6.07) is 9.84. The molecule has 0 saturated carbocycles. The fraction of sp³-hybridized carbons (Fsp3) is 0.318. The molecule has 2 N–H and O–H groups in total. The van der Waals surface area contributed by atoms with Crippen molar-refractivity contribution in [2.45, 2.75) is 39.2 Å². The van der Waals surface area contributed by atoms with Gasteiger partial charge in [-0.2, -0.15) is 5.10 Å². The second-order valence-electron chi connectivity index (χ2n) is 7.15. The van der Waals surface area contributed by atoms with E-state index in [1.165, 1.54) is 0 Å². The average Bonchev–Trinajstić information content (AvgIpc) is 3.38. The summed E-state index contributed by atoms with van der Waals surface area (Å²) in [4.78, 5) is 16.7. The number of rotatable bonds is 7. The van der Waals surface area contributed by atoms with E-state index < -0.39 is 0 Å². The minimum Gasteiger partial charge on any atom is -0.455 e. The maximum Gasteiger partial charge on any atom is 0.287 e. The number of para-hydroxylation sites is 1. The number of carbonyl (C=O) groups excluding carboxylic acids is 1. The lowest BCUT2D eigenvalue weighted by molar-refractivity contribution is 0.0922. The lowest BCUT2D eigenvalue weighted by atomic mass is 9.93. The van der Waals surface area contributed by atoms with E-state index in [4.69, 9.17) is 4.42 Å². The second-order valence-corrected chi connectivity index (χ2v) is 7.15. The van der Waals surface area contributed by atoms with Crippen LogP contribution in [0.25, 0.3) is 0 Å². The Balaban J connectivity index is 1.43. The fourth-order valence-electron chi connectivity index (χ4n) is 3.60. The molecule has 1 aliphatic rings. The van der Waals surface area contributed by atoms with Crippen LogP contribution in [0.3, 0.4) is 0 Å². The van der Waals surface area contributed by atoms with Gasteiger partial charge in [0.1, 0.15) is 5.76 Å². The van der Waals surface area contributed by atoms with Crippen molar-refractivity contribution in [2.75, 3.05) is 12.0 Å². The van der Waals surface area contributed by atoms with Crippen LogP contribution in [0.2, 0.25) is 0 Å². The summed E-state index contributed by atoms with van der Waals surface area (Å²) in [5.74, 6) is 1.08. The van der Waals surface area contributed by atoms with Crippen molar-refractivity contribution in [1.29, 1.82) is 0 Å². The van der Waals surface area contributed by atoms with Gasteiger partial charge in [-0.1, -0.05) is 18.2 Å². The standard InChI is InChI=1S/C22H25N5O2/c1-16-20-18(26-25-17-7-3-2-4-8-17)9-5-10-19(20)29-21(16)22(28)24-11-6-13-27-14-12-23-15-27/h2-4,7-8,12,14-15,25H,5-6,9-11,13H2,1H3,(H,24,28)/b26-18+. The van der Waals surface area contributed by atoms with Crippen LogP contribution in [0, 0.1) is 6.92 Å². The molecule has 0 spiro atoms. The number of fused-ring (bicyclic) bond motifs is 1. The van der Waals surface area contributed by atoms with Gasteiger partial charge in [-0.25, -0.2) is 4.98 Å². The number of benzene rings is 1. The SMILES string of the molecule is Cc1c(C(=O)NCCCn2ccnc2)oc2c1/C(=N/Nc1ccccc1)CCC2. The number of nitrogens with zero attached hydrogens (tertiary/aromatic N) is 3. The van der Waals surface area contributed by atoms with Gasteiger partial charge in [0.15, 0.2) is 5.76 Å². The molecule has 0 atom stereocenters. The van der Waals surface area contributed by atoms with Gasteiger partial charge in [0.2, 0.25) is 0 Å². The highest BCUT2D eigenvalue weighted by molar-refractivity contribution is 6.06. The largest absolute Gasteiger partial charge is 0.455 e. The maximum absolute atomic E-state index is 12.7. The monoisotopic (exact) mass is 391 g/mol. The molecule has 1 amide bonds. The van der Waals surface area contributed by atoms with E-state index in [0.29, 0.717) is 12.3 Å². The van der Waals surface area contributed by atoms with Crippen LogP contribution < -0.4 is 10.7 Å². The normalized spacial score (nSPS) is 14.6. The molecular formula is C22H25N5O2. The topological polar surface area (TPSA) is 84.5 Å². The molecule has 0 aliphatic heterocycles. The van der Waals surface area contributed by atoms with E-state index in [1.54, 1.807) is 12.5 Å². The minimum absolute atomic E-state index is 0.169. The van der Waals surface area contributed by atoms with Gasteiger partial charge in [0, 0.05) is 43.0 Å².